The predicted molar refractivity (Wildman–Crippen MR) is 93.7 cm³/mol. The van der Waals surface area contributed by atoms with Gasteiger partial charge in [-0.05, 0) is 48.5 Å². The van der Waals surface area contributed by atoms with Gasteiger partial charge in [-0.25, -0.2) is 4.79 Å². The second-order valence-electron chi connectivity index (χ2n) is 5.13. The van der Waals surface area contributed by atoms with Crippen molar-refractivity contribution in [3.05, 3.63) is 78.4 Å². The average Bonchev–Trinajstić information content (AvgIpc) is 2.70. The van der Waals surface area contributed by atoms with Gasteiger partial charge in [-0.15, -0.1) is 12.6 Å². The zero-order chi connectivity index (χ0) is 15.8. The third-order valence-corrected chi connectivity index (χ3v) is 6.29. The van der Waals surface area contributed by atoms with Gasteiger partial charge in [-0.3, -0.25) is 0 Å². The first-order valence-electron chi connectivity index (χ1n) is 7.17. The Labute approximate surface area is 142 Å². The minimum absolute atomic E-state index is 0.297. The van der Waals surface area contributed by atoms with Crippen LogP contribution in [0.4, 0.5) is 0 Å². The van der Waals surface area contributed by atoms with E-state index in [9.17, 15) is 4.79 Å². The largest absolute Gasteiger partial charge is 0.417 e. The quantitative estimate of drug-likeness (QED) is 0.304. The maximum absolute atomic E-state index is 12.5. The first-order chi connectivity index (χ1) is 11.2. The molecule has 1 aliphatic rings. The van der Waals surface area contributed by atoms with E-state index in [1.807, 2.05) is 60.7 Å². The fourth-order valence-electron chi connectivity index (χ4n) is 2.63. The van der Waals surface area contributed by atoms with Crippen LogP contribution >= 0.6 is 12.6 Å². The first kappa shape index (κ1) is 14.4. The lowest BCUT2D eigenvalue weighted by atomic mass is 10.2. The zero-order valence-electron chi connectivity index (χ0n) is 12.1. The molecule has 0 bridgehead atoms. The van der Waals surface area contributed by atoms with E-state index in [2.05, 4.69) is 24.8 Å². The molecule has 0 spiro atoms. The SMILES string of the molecule is O=C1Oc2ccccc2[S+](c2ccc(S)cc2)c2ccccc21. The smallest absolute Gasteiger partial charge is 0.348 e. The lowest BCUT2D eigenvalue weighted by Gasteiger charge is -2.08. The molecule has 1 atom stereocenters. The summed E-state index contributed by atoms with van der Waals surface area (Å²) in [5.74, 6) is 0.334. The normalized spacial score (nSPS) is 16.0. The Balaban J connectivity index is 2.01. The molecule has 112 valence electrons. The maximum Gasteiger partial charge on any atom is 0.348 e. The highest BCUT2D eigenvalue weighted by molar-refractivity contribution is 7.97. The molecule has 0 N–H and O–H groups in total. The highest BCUT2D eigenvalue weighted by atomic mass is 32.2. The molecule has 0 fully saturated rings. The van der Waals surface area contributed by atoms with Gasteiger partial charge >= 0.3 is 5.97 Å². The predicted octanol–water partition coefficient (Wildman–Crippen LogP) is 4.60. The van der Waals surface area contributed by atoms with Crippen LogP contribution in [0.3, 0.4) is 0 Å². The van der Waals surface area contributed by atoms with E-state index in [-0.39, 0.29) is 16.9 Å². The van der Waals surface area contributed by atoms with E-state index in [1.54, 1.807) is 0 Å². The summed E-state index contributed by atoms with van der Waals surface area (Å²) in [4.78, 5) is 16.5. The number of para-hydroxylation sites is 1. The van der Waals surface area contributed by atoms with Gasteiger partial charge in [-0.1, -0.05) is 24.3 Å². The fraction of sp³-hybridized carbons (Fsp3) is 0. The van der Waals surface area contributed by atoms with Crippen LogP contribution < -0.4 is 4.74 Å². The summed E-state index contributed by atoms with van der Waals surface area (Å²) in [6.45, 7) is 0. The fourth-order valence-corrected chi connectivity index (χ4v) is 5.04. The number of benzene rings is 3. The van der Waals surface area contributed by atoms with E-state index in [0.29, 0.717) is 11.3 Å². The summed E-state index contributed by atoms with van der Waals surface area (Å²) in [6, 6.07) is 23.5. The molecule has 1 heterocycles. The number of hydrogen-bond donors (Lipinski definition) is 1. The lowest BCUT2D eigenvalue weighted by molar-refractivity contribution is 0.0728. The van der Waals surface area contributed by atoms with Crippen LogP contribution in [0.25, 0.3) is 0 Å². The minimum Gasteiger partial charge on any atom is -0.417 e. The van der Waals surface area contributed by atoms with Crippen molar-refractivity contribution in [1.29, 1.82) is 0 Å². The number of esters is 1. The monoisotopic (exact) mass is 337 g/mol. The second kappa shape index (κ2) is 5.80. The highest BCUT2D eigenvalue weighted by Gasteiger charge is 2.39. The molecule has 0 aromatic heterocycles. The van der Waals surface area contributed by atoms with Crippen LogP contribution in [0.5, 0.6) is 5.75 Å². The number of ether oxygens (including phenoxy) is 1. The summed E-state index contributed by atoms with van der Waals surface area (Å²) in [6.07, 6.45) is 0. The van der Waals surface area contributed by atoms with Gasteiger partial charge in [0, 0.05) is 4.90 Å². The molecule has 4 heteroatoms. The van der Waals surface area contributed by atoms with E-state index in [4.69, 9.17) is 4.74 Å². The van der Waals surface area contributed by atoms with Crippen LogP contribution in [0.2, 0.25) is 0 Å². The number of rotatable bonds is 1. The van der Waals surface area contributed by atoms with Gasteiger partial charge in [-0.2, -0.15) is 0 Å². The number of fused-ring (bicyclic) bond motifs is 2. The summed E-state index contributed by atoms with van der Waals surface area (Å²) in [7, 11) is -0.384. The first-order valence-corrected chi connectivity index (χ1v) is 8.85. The van der Waals surface area contributed by atoms with E-state index in [1.165, 1.54) is 0 Å². The molecule has 1 aliphatic heterocycles. The third kappa shape index (κ3) is 2.54. The van der Waals surface area contributed by atoms with Crippen molar-refractivity contribution in [3.63, 3.8) is 0 Å². The highest BCUT2D eigenvalue weighted by Crippen LogP contribution is 2.40. The van der Waals surface area contributed by atoms with Crippen molar-refractivity contribution in [1.82, 2.24) is 0 Å². The van der Waals surface area contributed by atoms with Gasteiger partial charge in [0.25, 0.3) is 0 Å². The molecule has 0 saturated heterocycles. The molecule has 0 radical (unpaired) electrons. The molecule has 1 unspecified atom stereocenters. The van der Waals surface area contributed by atoms with Gasteiger partial charge in [0.2, 0.25) is 4.90 Å². The molecule has 3 aromatic rings. The molecule has 23 heavy (non-hydrogen) atoms. The number of carbonyl (C=O) groups is 1. The Hall–Kier alpha value is -2.17. The Morgan fingerprint density at radius 1 is 0.783 bits per heavy atom. The maximum atomic E-state index is 12.5. The molecule has 0 amide bonds. The minimum atomic E-state index is -0.384. The standard InChI is InChI=1S/C19H12O2S2/c20-19-15-5-1-3-7-17(15)23(14-11-9-13(22)10-12-14)18-8-4-2-6-16(18)21-19/h1-12H/p+1. The third-order valence-electron chi connectivity index (χ3n) is 3.67. The molecular weight excluding hydrogens is 324 g/mol. The van der Waals surface area contributed by atoms with Gasteiger partial charge in [0.1, 0.15) is 16.5 Å². The number of thiol groups is 1. The second-order valence-corrected chi connectivity index (χ2v) is 7.61. The van der Waals surface area contributed by atoms with Gasteiger partial charge in [0.15, 0.2) is 15.5 Å². The van der Waals surface area contributed by atoms with Crippen LogP contribution in [0.1, 0.15) is 10.4 Å². The Bertz CT molecular complexity index is 888. The molecule has 4 rings (SSSR count). The van der Waals surface area contributed by atoms with Crippen molar-refractivity contribution < 1.29 is 9.53 Å². The van der Waals surface area contributed by atoms with Crippen molar-refractivity contribution >= 4 is 29.5 Å². The molecule has 0 aliphatic carbocycles. The lowest BCUT2D eigenvalue weighted by Crippen LogP contribution is -2.09. The molecule has 0 saturated carbocycles. The van der Waals surface area contributed by atoms with Crippen molar-refractivity contribution in [2.45, 2.75) is 19.6 Å². The van der Waals surface area contributed by atoms with E-state index >= 15 is 0 Å². The Morgan fingerprint density at radius 3 is 2.22 bits per heavy atom. The van der Waals surface area contributed by atoms with E-state index < -0.39 is 0 Å². The summed E-state index contributed by atoms with van der Waals surface area (Å²) >= 11 is 4.37. The van der Waals surface area contributed by atoms with Crippen molar-refractivity contribution in [2.75, 3.05) is 0 Å². The van der Waals surface area contributed by atoms with Crippen molar-refractivity contribution in [3.8, 4) is 5.75 Å². The zero-order valence-corrected chi connectivity index (χ0v) is 13.8. The van der Waals surface area contributed by atoms with Crippen LogP contribution in [-0.4, -0.2) is 5.97 Å². The number of carbonyl (C=O) groups excluding carboxylic acids is 1. The van der Waals surface area contributed by atoms with Crippen molar-refractivity contribution in [2.24, 2.45) is 0 Å². The van der Waals surface area contributed by atoms with Crippen LogP contribution in [0.15, 0.2) is 92.4 Å². The van der Waals surface area contributed by atoms with Gasteiger partial charge in [0.05, 0.1) is 0 Å². The molecular formula is C19H13O2S2+. The topological polar surface area (TPSA) is 26.3 Å². The molecule has 3 aromatic carbocycles. The number of hydrogen-bond acceptors (Lipinski definition) is 3. The van der Waals surface area contributed by atoms with Crippen LogP contribution in [0, 0.1) is 0 Å². The summed E-state index contributed by atoms with van der Waals surface area (Å²) in [5.41, 5.74) is 0.627. The summed E-state index contributed by atoms with van der Waals surface area (Å²) in [5, 5.41) is 0. The van der Waals surface area contributed by atoms with Gasteiger partial charge < -0.3 is 4.74 Å². The molecule has 2 nitrogen and oxygen atoms in total. The van der Waals surface area contributed by atoms with E-state index in [0.717, 1.165) is 19.6 Å². The summed E-state index contributed by atoms with van der Waals surface area (Å²) < 4.78 is 5.61. The Morgan fingerprint density at radius 2 is 1.43 bits per heavy atom. The Kier molecular flexibility index (Phi) is 3.63. The van der Waals surface area contributed by atoms with Crippen LogP contribution in [-0.2, 0) is 10.9 Å². The average molecular weight is 337 g/mol.